The van der Waals surface area contributed by atoms with Crippen LogP contribution in [0.3, 0.4) is 0 Å². The minimum absolute atomic E-state index is 0.0404. The number of rotatable bonds is 4. The van der Waals surface area contributed by atoms with Crippen molar-refractivity contribution in [1.82, 2.24) is 4.90 Å². The average Bonchev–Trinajstić information content (AvgIpc) is 2.99. The zero-order valence-electron chi connectivity index (χ0n) is 13.3. The van der Waals surface area contributed by atoms with Gasteiger partial charge in [-0.25, -0.2) is 0 Å². The number of benzene rings is 1. The Bertz CT molecular complexity index is 910. The lowest BCUT2D eigenvalue weighted by Gasteiger charge is -2.27. The number of hydrogen-bond donors (Lipinski definition) is 0. The first-order valence-electron chi connectivity index (χ1n) is 7.31. The summed E-state index contributed by atoms with van der Waals surface area (Å²) in [6, 6.07) is 5.00. The fourth-order valence-corrected chi connectivity index (χ4v) is 4.25. The highest BCUT2D eigenvalue weighted by Crippen LogP contribution is 2.44. The fourth-order valence-electron chi connectivity index (χ4n) is 2.83. The van der Waals surface area contributed by atoms with Crippen molar-refractivity contribution in [2.75, 3.05) is 11.9 Å². The highest BCUT2D eigenvalue weighted by molar-refractivity contribution is 8.26. The van der Waals surface area contributed by atoms with Gasteiger partial charge < -0.3 is 24.7 Å². The number of carbonyl (C=O) groups excluding carboxylic acids is 4. The quantitative estimate of drug-likeness (QED) is 0.450. The number of anilines is 1. The summed E-state index contributed by atoms with van der Waals surface area (Å²) in [5, 5.41) is 22.1. The Labute approximate surface area is 157 Å². The molecule has 2 aliphatic heterocycles. The summed E-state index contributed by atoms with van der Waals surface area (Å²) in [6.07, 6.45) is -0.970. The number of fused-ring (bicyclic) bond motifs is 1. The molecular formula is C16H10N2O6S2-2. The van der Waals surface area contributed by atoms with Gasteiger partial charge in [-0.2, -0.15) is 0 Å². The highest BCUT2D eigenvalue weighted by atomic mass is 32.2. The molecule has 0 unspecified atom stereocenters. The van der Waals surface area contributed by atoms with Crippen LogP contribution in [0.1, 0.15) is 12.0 Å². The third kappa shape index (κ3) is 2.76. The minimum Gasteiger partial charge on any atom is -0.550 e. The van der Waals surface area contributed by atoms with Crippen molar-refractivity contribution in [3.63, 3.8) is 0 Å². The summed E-state index contributed by atoms with van der Waals surface area (Å²) < 4.78 is -0.159. The van der Waals surface area contributed by atoms with Crippen LogP contribution >= 0.6 is 24.0 Å². The van der Waals surface area contributed by atoms with Crippen LogP contribution in [0.15, 0.2) is 29.2 Å². The van der Waals surface area contributed by atoms with Gasteiger partial charge in [0.05, 0.1) is 28.2 Å². The number of carboxylic acids is 2. The number of likely N-dealkylation sites (N-methyl/N-ethyl adjacent to an activating group) is 1. The van der Waals surface area contributed by atoms with Gasteiger partial charge in [0.1, 0.15) is 4.32 Å². The Morgan fingerprint density at radius 1 is 1.19 bits per heavy atom. The van der Waals surface area contributed by atoms with Crippen LogP contribution in [0.2, 0.25) is 0 Å². The lowest BCUT2D eigenvalue weighted by Crippen LogP contribution is -2.52. The van der Waals surface area contributed by atoms with E-state index in [-0.39, 0.29) is 14.8 Å². The average molecular weight is 390 g/mol. The van der Waals surface area contributed by atoms with E-state index in [4.69, 9.17) is 12.2 Å². The van der Waals surface area contributed by atoms with Crippen LogP contribution < -0.4 is 15.1 Å². The molecule has 1 saturated heterocycles. The van der Waals surface area contributed by atoms with E-state index < -0.39 is 36.2 Å². The maximum atomic E-state index is 12.8. The summed E-state index contributed by atoms with van der Waals surface area (Å²) in [7, 11) is 1.55. The molecule has 0 N–H and O–H groups in total. The van der Waals surface area contributed by atoms with Gasteiger partial charge in [0, 0.05) is 25.0 Å². The smallest absolute Gasteiger partial charge is 0.267 e. The Kier molecular flexibility index (Phi) is 4.55. The van der Waals surface area contributed by atoms with Gasteiger partial charge in [0.2, 0.25) is 0 Å². The predicted octanol–water partition coefficient (Wildman–Crippen LogP) is -1.51. The number of carbonyl (C=O) groups is 4. The second kappa shape index (κ2) is 6.54. The van der Waals surface area contributed by atoms with Gasteiger partial charge in [0.25, 0.3) is 11.8 Å². The Balaban J connectivity index is 2.09. The first kappa shape index (κ1) is 18.1. The molecule has 1 fully saturated rings. The minimum atomic E-state index is -1.81. The van der Waals surface area contributed by atoms with Gasteiger partial charge in [-0.15, -0.1) is 0 Å². The van der Waals surface area contributed by atoms with Gasteiger partial charge in [-0.05, 0) is 6.07 Å². The van der Waals surface area contributed by atoms with Gasteiger partial charge >= 0.3 is 0 Å². The third-order valence-electron chi connectivity index (χ3n) is 4.02. The number of aliphatic carboxylic acids is 2. The van der Waals surface area contributed by atoms with Crippen molar-refractivity contribution in [2.24, 2.45) is 0 Å². The number of para-hydroxylation sites is 1. The van der Waals surface area contributed by atoms with E-state index in [1.165, 1.54) is 4.90 Å². The van der Waals surface area contributed by atoms with Gasteiger partial charge in [-0.3, -0.25) is 14.5 Å². The molecule has 1 atom stereocenters. The molecule has 0 aromatic heterocycles. The lowest BCUT2D eigenvalue weighted by atomic mass is 10.1. The SMILES string of the molecule is CN1C(=O)/C(=C2/SC(=S)N([C@@H](CC(=O)[O-])C(=O)[O-])C2=O)c2ccccc21. The van der Waals surface area contributed by atoms with E-state index >= 15 is 0 Å². The van der Waals surface area contributed by atoms with Gasteiger partial charge in [-0.1, -0.05) is 42.2 Å². The summed E-state index contributed by atoms with van der Waals surface area (Å²) in [4.78, 5) is 49.5. The van der Waals surface area contributed by atoms with Crippen molar-refractivity contribution >= 4 is 63.3 Å². The molecule has 2 aliphatic rings. The summed E-state index contributed by atoms with van der Waals surface area (Å²) in [5.41, 5.74) is 1.22. The van der Waals surface area contributed by atoms with Crippen molar-refractivity contribution in [2.45, 2.75) is 12.5 Å². The number of amides is 2. The van der Waals surface area contributed by atoms with E-state index in [2.05, 4.69) is 0 Å². The zero-order chi connectivity index (χ0) is 19.2. The van der Waals surface area contributed by atoms with E-state index in [9.17, 15) is 29.4 Å². The molecule has 3 rings (SSSR count). The van der Waals surface area contributed by atoms with Crippen LogP contribution in [-0.4, -0.2) is 46.1 Å². The van der Waals surface area contributed by atoms with Crippen molar-refractivity contribution in [3.05, 3.63) is 34.7 Å². The van der Waals surface area contributed by atoms with Crippen LogP contribution in [-0.2, 0) is 19.2 Å². The largest absolute Gasteiger partial charge is 0.550 e. The monoisotopic (exact) mass is 390 g/mol. The molecule has 2 amide bonds. The third-order valence-corrected chi connectivity index (χ3v) is 5.42. The van der Waals surface area contributed by atoms with E-state index in [0.29, 0.717) is 16.2 Å². The number of thiocarbonyl (C=S) groups is 1. The highest BCUT2D eigenvalue weighted by Gasteiger charge is 2.43. The molecule has 0 radical (unpaired) electrons. The van der Waals surface area contributed by atoms with Crippen LogP contribution in [0, 0.1) is 0 Å². The summed E-state index contributed by atoms with van der Waals surface area (Å²) in [6.45, 7) is 0. The van der Waals surface area contributed by atoms with Crippen LogP contribution in [0.5, 0.6) is 0 Å². The van der Waals surface area contributed by atoms with Gasteiger partial charge in [0.15, 0.2) is 0 Å². The van der Waals surface area contributed by atoms with E-state index in [1.54, 1.807) is 31.3 Å². The molecule has 0 saturated carbocycles. The molecule has 0 spiro atoms. The first-order valence-corrected chi connectivity index (χ1v) is 8.54. The van der Waals surface area contributed by atoms with Crippen LogP contribution in [0.25, 0.3) is 5.57 Å². The Morgan fingerprint density at radius 3 is 2.46 bits per heavy atom. The number of carboxylic acid groups (broad SMARTS) is 2. The maximum absolute atomic E-state index is 12.8. The summed E-state index contributed by atoms with van der Waals surface area (Å²) in [5.74, 6) is -4.71. The van der Waals surface area contributed by atoms with Crippen molar-refractivity contribution in [1.29, 1.82) is 0 Å². The molecule has 1 aromatic rings. The molecule has 2 heterocycles. The molecular weight excluding hydrogens is 380 g/mol. The second-order valence-electron chi connectivity index (χ2n) is 5.54. The molecule has 8 nitrogen and oxygen atoms in total. The summed E-state index contributed by atoms with van der Waals surface area (Å²) >= 11 is 5.81. The van der Waals surface area contributed by atoms with Crippen LogP contribution in [0.4, 0.5) is 5.69 Å². The fraction of sp³-hybridized carbons (Fsp3) is 0.188. The second-order valence-corrected chi connectivity index (χ2v) is 7.18. The molecule has 1 aromatic carbocycles. The predicted molar refractivity (Wildman–Crippen MR) is 92.2 cm³/mol. The van der Waals surface area contributed by atoms with E-state index in [1.807, 2.05) is 0 Å². The topological polar surface area (TPSA) is 121 Å². The lowest BCUT2D eigenvalue weighted by molar-refractivity contribution is -0.319. The van der Waals surface area contributed by atoms with Crippen molar-refractivity contribution < 1.29 is 29.4 Å². The van der Waals surface area contributed by atoms with E-state index in [0.717, 1.165) is 11.8 Å². The Hall–Kier alpha value is -2.72. The molecule has 26 heavy (non-hydrogen) atoms. The Morgan fingerprint density at radius 2 is 1.85 bits per heavy atom. The number of hydrogen-bond acceptors (Lipinski definition) is 8. The molecule has 0 aliphatic carbocycles. The molecule has 134 valence electrons. The van der Waals surface area contributed by atoms with Crippen molar-refractivity contribution in [3.8, 4) is 0 Å². The number of thioether (sulfide) groups is 1. The first-order chi connectivity index (χ1) is 12.2. The molecule has 0 bridgehead atoms. The zero-order valence-corrected chi connectivity index (χ0v) is 14.9. The normalized spacial score (nSPS) is 20.6. The molecule has 10 heteroatoms. The standard InChI is InChI=1S/C16H12N2O6S2/c1-17-8-5-3-2-4-7(8)11(13(17)21)12-14(22)18(16(25)26-12)9(15(23)24)6-10(19)20/h2-5,9H,6H2,1H3,(H,19,20)(H,23,24)/p-2/b12-11+/t9-/m0/s1. The maximum Gasteiger partial charge on any atom is 0.267 e. The number of nitrogens with zero attached hydrogens (tertiary/aromatic N) is 2.